The molecule has 0 aromatic heterocycles. The summed E-state index contributed by atoms with van der Waals surface area (Å²) >= 11 is 0. The van der Waals surface area contributed by atoms with Crippen LogP contribution in [0.4, 0.5) is 13.2 Å². The predicted octanol–water partition coefficient (Wildman–Crippen LogP) is 2.08. The molecule has 0 saturated carbocycles. The van der Waals surface area contributed by atoms with Crippen molar-refractivity contribution in [2.24, 2.45) is 0 Å². The van der Waals surface area contributed by atoms with Crippen LogP contribution < -0.4 is 0 Å². The highest BCUT2D eigenvalue weighted by Gasteiger charge is 2.42. The van der Waals surface area contributed by atoms with Crippen LogP contribution in [0.2, 0.25) is 0 Å². The summed E-state index contributed by atoms with van der Waals surface area (Å²) in [5, 5.41) is 0. The van der Waals surface area contributed by atoms with Gasteiger partial charge < -0.3 is 9.64 Å². The first kappa shape index (κ1) is 13.9. The molecule has 0 N–H and O–H groups in total. The van der Waals surface area contributed by atoms with Crippen molar-refractivity contribution in [2.45, 2.75) is 31.3 Å². The van der Waals surface area contributed by atoms with Crippen molar-refractivity contribution in [3.8, 4) is 0 Å². The van der Waals surface area contributed by atoms with Crippen molar-refractivity contribution < 1.29 is 27.5 Å². The van der Waals surface area contributed by atoms with E-state index in [4.69, 9.17) is 4.74 Å². The van der Waals surface area contributed by atoms with Gasteiger partial charge in [-0.1, -0.05) is 0 Å². The van der Waals surface area contributed by atoms with E-state index in [1.807, 2.05) is 0 Å². The Labute approximate surface area is 118 Å². The van der Waals surface area contributed by atoms with Crippen LogP contribution in [0.15, 0.2) is 12.1 Å². The molecule has 112 valence electrons. The number of esters is 1. The second-order valence-corrected chi connectivity index (χ2v) is 5.21. The molecule has 2 atom stereocenters. The third-order valence-corrected chi connectivity index (χ3v) is 3.95. The summed E-state index contributed by atoms with van der Waals surface area (Å²) in [6, 6.07) is 0.802. The summed E-state index contributed by atoms with van der Waals surface area (Å²) in [6.07, 6.45) is 1.83. The van der Waals surface area contributed by atoms with Crippen LogP contribution in [-0.4, -0.2) is 29.4 Å². The monoisotopic (exact) mass is 299 g/mol. The van der Waals surface area contributed by atoms with Gasteiger partial charge >= 0.3 is 11.9 Å². The van der Waals surface area contributed by atoms with Crippen LogP contribution in [0.3, 0.4) is 0 Å². The molecule has 2 fully saturated rings. The average molecular weight is 299 g/mol. The molecule has 0 spiro atoms. The van der Waals surface area contributed by atoms with Crippen molar-refractivity contribution >= 4 is 11.9 Å². The van der Waals surface area contributed by atoms with Crippen molar-refractivity contribution in [1.29, 1.82) is 0 Å². The zero-order valence-corrected chi connectivity index (χ0v) is 10.9. The number of carbonyl (C=O) groups is 2. The number of halogens is 3. The lowest BCUT2D eigenvalue weighted by Crippen LogP contribution is -2.55. The molecule has 4 nitrogen and oxygen atoms in total. The topological polar surface area (TPSA) is 46.6 Å². The molecule has 2 saturated heterocycles. The molecule has 0 radical (unpaired) electrons. The van der Waals surface area contributed by atoms with Crippen molar-refractivity contribution in [2.75, 3.05) is 6.61 Å². The Bertz CT molecular complexity index is 596. The van der Waals surface area contributed by atoms with Gasteiger partial charge in [0.05, 0.1) is 12.1 Å². The molecule has 2 unspecified atom stereocenters. The van der Waals surface area contributed by atoms with Gasteiger partial charge in [-0.15, -0.1) is 0 Å². The number of carbonyl (C=O) groups excluding carboxylic acids is 2. The highest BCUT2D eigenvalue weighted by atomic mass is 19.2. The number of cyclic esters (lactones) is 1. The van der Waals surface area contributed by atoms with E-state index in [0.29, 0.717) is 12.8 Å². The van der Waals surface area contributed by atoms with Gasteiger partial charge in [0, 0.05) is 0 Å². The number of benzene rings is 1. The van der Waals surface area contributed by atoms with Crippen molar-refractivity contribution in [3.63, 3.8) is 0 Å². The zero-order valence-electron chi connectivity index (χ0n) is 10.9. The fourth-order valence-electron chi connectivity index (χ4n) is 2.98. The van der Waals surface area contributed by atoms with E-state index in [9.17, 15) is 22.8 Å². The fourth-order valence-corrected chi connectivity index (χ4v) is 2.98. The minimum absolute atomic E-state index is 0.0766. The molecule has 7 heteroatoms. The van der Waals surface area contributed by atoms with E-state index in [1.54, 1.807) is 0 Å². The first-order valence-corrected chi connectivity index (χ1v) is 6.63. The molecule has 21 heavy (non-hydrogen) atoms. The maximum atomic E-state index is 13.4. The SMILES string of the molecule is O=C1OCC2CCCC(c3cc(F)c(F)c(F)c3)N2C1=O. The quantitative estimate of drug-likeness (QED) is 0.453. The maximum absolute atomic E-state index is 13.4. The summed E-state index contributed by atoms with van der Waals surface area (Å²) < 4.78 is 44.6. The average Bonchev–Trinajstić information content (AvgIpc) is 2.47. The third-order valence-electron chi connectivity index (χ3n) is 3.95. The highest BCUT2D eigenvalue weighted by molar-refractivity contribution is 6.33. The van der Waals surface area contributed by atoms with Gasteiger partial charge in [0.15, 0.2) is 17.5 Å². The third kappa shape index (κ3) is 2.26. The number of fused-ring (bicyclic) bond motifs is 1. The summed E-state index contributed by atoms with van der Waals surface area (Å²) in [4.78, 5) is 24.7. The second kappa shape index (κ2) is 5.05. The Morgan fingerprint density at radius 2 is 1.76 bits per heavy atom. The Kier molecular flexibility index (Phi) is 3.35. The van der Waals surface area contributed by atoms with E-state index < -0.39 is 35.4 Å². The van der Waals surface area contributed by atoms with E-state index in [2.05, 4.69) is 0 Å². The molecular formula is C14H12F3NO3. The van der Waals surface area contributed by atoms with Gasteiger partial charge in [-0.05, 0) is 37.0 Å². The molecule has 1 aromatic rings. The van der Waals surface area contributed by atoms with Gasteiger partial charge in [0.2, 0.25) is 0 Å². The van der Waals surface area contributed by atoms with Crippen LogP contribution in [0.5, 0.6) is 0 Å². The standard InChI is InChI=1S/C14H12F3NO3/c15-9-4-7(5-10(16)12(9)17)11-3-1-2-8-6-21-14(20)13(19)18(8)11/h4-5,8,11H,1-3,6H2. The van der Waals surface area contributed by atoms with Crippen LogP contribution >= 0.6 is 0 Å². The highest BCUT2D eigenvalue weighted by Crippen LogP contribution is 2.37. The molecule has 3 rings (SSSR count). The zero-order chi connectivity index (χ0) is 15.1. The van der Waals surface area contributed by atoms with E-state index in [1.165, 1.54) is 4.90 Å². The Hall–Kier alpha value is -2.05. The molecule has 0 aliphatic carbocycles. The van der Waals surface area contributed by atoms with Gasteiger partial charge in [-0.3, -0.25) is 4.79 Å². The molecule has 1 aromatic carbocycles. The van der Waals surface area contributed by atoms with Gasteiger partial charge in [-0.2, -0.15) is 0 Å². The van der Waals surface area contributed by atoms with Gasteiger partial charge in [0.25, 0.3) is 0 Å². The van der Waals surface area contributed by atoms with Gasteiger partial charge in [-0.25, -0.2) is 18.0 Å². The number of rotatable bonds is 1. The van der Waals surface area contributed by atoms with E-state index in [0.717, 1.165) is 18.6 Å². The van der Waals surface area contributed by atoms with E-state index >= 15 is 0 Å². The number of ether oxygens (including phenoxy) is 1. The second-order valence-electron chi connectivity index (χ2n) is 5.21. The molecule has 2 aliphatic rings. The van der Waals surface area contributed by atoms with Crippen LogP contribution in [0.25, 0.3) is 0 Å². The maximum Gasteiger partial charge on any atom is 0.397 e. The minimum atomic E-state index is -1.55. The summed E-state index contributed by atoms with van der Waals surface area (Å²) in [5.74, 6) is -5.95. The minimum Gasteiger partial charge on any atom is -0.456 e. The number of morpholine rings is 1. The Morgan fingerprint density at radius 1 is 1.10 bits per heavy atom. The van der Waals surface area contributed by atoms with Crippen molar-refractivity contribution in [1.82, 2.24) is 4.90 Å². The first-order valence-electron chi connectivity index (χ1n) is 6.63. The summed E-state index contributed by atoms with van der Waals surface area (Å²) in [5.41, 5.74) is 0.152. The lowest BCUT2D eigenvalue weighted by molar-refractivity contribution is -0.175. The Balaban J connectivity index is 2.00. The van der Waals surface area contributed by atoms with Crippen LogP contribution in [0.1, 0.15) is 30.9 Å². The number of piperidine rings is 1. The largest absolute Gasteiger partial charge is 0.456 e. The first-order chi connectivity index (χ1) is 9.99. The number of amides is 1. The van der Waals surface area contributed by atoms with E-state index in [-0.39, 0.29) is 18.2 Å². The van der Waals surface area contributed by atoms with Crippen LogP contribution in [-0.2, 0) is 14.3 Å². The molecule has 1 amide bonds. The summed E-state index contributed by atoms with van der Waals surface area (Å²) in [7, 11) is 0. The fraction of sp³-hybridized carbons (Fsp3) is 0.429. The predicted molar refractivity (Wildman–Crippen MR) is 64.5 cm³/mol. The smallest absolute Gasteiger partial charge is 0.397 e. The number of hydrogen-bond acceptors (Lipinski definition) is 3. The normalized spacial score (nSPS) is 25.6. The van der Waals surface area contributed by atoms with Crippen molar-refractivity contribution in [3.05, 3.63) is 35.1 Å². The number of nitrogens with zero attached hydrogens (tertiary/aromatic N) is 1. The van der Waals surface area contributed by atoms with Gasteiger partial charge in [0.1, 0.15) is 6.61 Å². The summed E-state index contributed by atoms with van der Waals surface area (Å²) in [6.45, 7) is 0.0766. The number of hydrogen-bond donors (Lipinski definition) is 0. The Morgan fingerprint density at radius 3 is 2.43 bits per heavy atom. The lowest BCUT2D eigenvalue weighted by atomic mass is 9.90. The molecule has 0 bridgehead atoms. The van der Waals surface area contributed by atoms with Crippen LogP contribution in [0, 0.1) is 17.5 Å². The molecule has 2 heterocycles. The lowest BCUT2D eigenvalue weighted by Gasteiger charge is -2.43. The molecule has 2 aliphatic heterocycles. The molecular weight excluding hydrogens is 287 g/mol.